The lowest BCUT2D eigenvalue weighted by Gasteiger charge is -2.22. The molecule has 1 aliphatic heterocycles. The zero-order chi connectivity index (χ0) is 11.7. The largest absolute Gasteiger partial charge is 0.480 e. The summed E-state index contributed by atoms with van der Waals surface area (Å²) in [5, 5.41) is 9.41. The van der Waals surface area contributed by atoms with E-state index in [4.69, 9.17) is 16.7 Å². The van der Waals surface area contributed by atoms with Gasteiger partial charge in [0.05, 0.1) is 0 Å². The summed E-state index contributed by atoms with van der Waals surface area (Å²) in [6, 6.07) is 1.11. The van der Waals surface area contributed by atoms with Crippen LogP contribution in [-0.4, -0.2) is 33.6 Å². The quantitative estimate of drug-likeness (QED) is 0.795. The van der Waals surface area contributed by atoms with E-state index in [1.807, 2.05) is 0 Å². The molecule has 2 rings (SSSR count). The first-order valence-corrected chi connectivity index (χ1v) is 5.46. The molecule has 1 N–H and O–H groups in total. The van der Waals surface area contributed by atoms with E-state index in [9.17, 15) is 4.79 Å². The topological polar surface area (TPSA) is 66.3 Å². The Kier molecular flexibility index (Phi) is 2.96. The molecule has 0 bridgehead atoms. The minimum atomic E-state index is -0.815. The number of aliphatic carboxylic acids is 1. The zero-order valence-electron chi connectivity index (χ0n) is 8.85. The molecule has 0 radical (unpaired) electrons. The molecule has 0 saturated carbocycles. The molecule has 0 aromatic carbocycles. The van der Waals surface area contributed by atoms with Gasteiger partial charge in [0.1, 0.15) is 22.8 Å². The summed E-state index contributed by atoms with van der Waals surface area (Å²) in [5.74, 6) is 0.339. The van der Waals surface area contributed by atoms with Crippen LogP contribution in [0.2, 0.25) is 5.15 Å². The van der Waals surface area contributed by atoms with Gasteiger partial charge in [-0.25, -0.2) is 14.8 Å². The second kappa shape index (κ2) is 4.25. The van der Waals surface area contributed by atoms with E-state index < -0.39 is 12.0 Å². The van der Waals surface area contributed by atoms with Gasteiger partial charge in [-0.1, -0.05) is 11.6 Å². The first kappa shape index (κ1) is 11.1. The normalized spacial score (nSPS) is 20.1. The van der Waals surface area contributed by atoms with Gasteiger partial charge in [0.2, 0.25) is 0 Å². The van der Waals surface area contributed by atoms with Crippen LogP contribution < -0.4 is 4.90 Å². The smallest absolute Gasteiger partial charge is 0.326 e. The molecule has 16 heavy (non-hydrogen) atoms. The van der Waals surface area contributed by atoms with Crippen LogP contribution in [0.4, 0.5) is 5.82 Å². The number of carbonyl (C=O) groups is 1. The van der Waals surface area contributed by atoms with Crippen molar-refractivity contribution in [2.24, 2.45) is 0 Å². The lowest BCUT2D eigenvalue weighted by atomic mass is 10.2. The second-order valence-electron chi connectivity index (χ2n) is 3.79. The molecule has 0 spiro atoms. The molecule has 1 saturated heterocycles. The average Bonchev–Trinajstić information content (AvgIpc) is 2.63. The Morgan fingerprint density at radius 2 is 2.38 bits per heavy atom. The number of carboxylic acids is 1. The van der Waals surface area contributed by atoms with E-state index in [0.717, 1.165) is 6.42 Å². The number of hydrogen-bond acceptors (Lipinski definition) is 4. The minimum absolute atomic E-state index is 0.346. The standard InChI is InChI=1S/C10H12ClN3O2/c1-6-12-8(11)5-9(13-6)14-4-2-3-7(14)10(15)16/h5,7H,2-4H2,1H3,(H,15,16). The van der Waals surface area contributed by atoms with E-state index in [2.05, 4.69) is 9.97 Å². The van der Waals surface area contributed by atoms with Crippen molar-refractivity contribution in [3.8, 4) is 0 Å². The summed E-state index contributed by atoms with van der Waals surface area (Å²) in [6.07, 6.45) is 1.51. The molecule has 0 amide bonds. The maximum Gasteiger partial charge on any atom is 0.326 e. The number of aromatic nitrogens is 2. The number of anilines is 1. The van der Waals surface area contributed by atoms with E-state index in [0.29, 0.717) is 29.8 Å². The number of rotatable bonds is 2. The predicted molar refractivity (Wildman–Crippen MR) is 59.8 cm³/mol. The van der Waals surface area contributed by atoms with Gasteiger partial charge in [-0.05, 0) is 19.8 Å². The highest BCUT2D eigenvalue weighted by molar-refractivity contribution is 6.29. The van der Waals surface area contributed by atoms with Crippen molar-refractivity contribution in [1.82, 2.24) is 9.97 Å². The molecular formula is C10H12ClN3O2. The molecular weight excluding hydrogens is 230 g/mol. The third-order valence-corrected chi connectivity index (χ3v) is 2.82. The molecule has 1 aromatic heterocycles. The van der Waals surface area contributed by atoms with Gasteiger partial charge >= 0.3 is 5.97 Å². The van der Waals surface area contributed by atoms with Gasteiger partial charge in [0.15, 0.2) is 0 Å². The highest BCUT2D eigenvalue weighted by Gasteiger charge is 2.31. The second-order valence-corrected chi connectivity index (χ2v) is 4.17. The van der Waals surface area contributed by atoms with Crippen molar-refractivity contribution >= 4 is 23.4 Å². The first-order chi connectivity index (χ1) is 7.58. The molecule has 1 atom stereocenters. The van der Waals surface area contributed by atoms with Crippen LogP contribution >= 0.6 is 11.6 Å². The third kappa shape index (κ3) is 2.09. The van der Waals surface area contributed by atoms with Crippen LogP contribution in [0.25, 0.3) is 0 Å². The van der Waals surface area contributed by atoms with Crippen LogP contribution in [0.1, 0.15) is 18.7 Å². The van der Waals surface area contributed by atoms with Crippen LogP contribution in [0, 0.1) is 6.92 Å². The molecule has 1 fully saturated rings. The Labute approximate surface area is 98.1 Å². The Morgan fingerprint density at radius 3 is 3.00 bits per heavy atom. The lowest BCUT2D eigenvalue weighted by molar-refractivity contribution is -0.138. The summed E-state index contributed by atoms with van der Waals surface area (Å²) in [4.78, 5) is 21.0. The van der Waals surface area contributed by atoms with Gasteiger partial charge in [0.25, 0.3) is 0 Å². The van der Waals surface area contributed by atoms with Crippen molar-refractivity contribution in [2.45, 2.75) is 25.8 Å². The van der Waals surface area contributed by atoms with E-state index in [1.54, 1.807) is 17.9 Å². The molecule has 1 aromatic rings. The molecule has 1 aliphatic rings. The van der Waals surface area contributed by atoms with Crippen LogP contribution in [0.5, 0.6) is 0 Å². The van der Waals surface area contributed by atoms with Crippen LogP contribution in [0.3, 0.4) is 0 Å². The van der Waals surface area contributed by atoms with E-state index in [-0.39, 0.29) is 0 Å². The van der Waals surface area contributed by atoms with Gasteiger partial charge in [0, 0.05) is 12.6 Å². The summed E-state index contributed by atoms with van der Waals surface area (Å²) in [6.45, 7) is 2.44. The minimum Gasteiger partial charge on any atom is -0.480 e. The van der Waals surface area contributed by atoms with E-state index in [1.165, 1.54) is 0 Å². The molecule has 6 heteroatoms. The molecule has 2 heterocycles. The Morgan fingerprint density at radius 1 is 1.62 bits per heavy atom. The number of nitrogens with zero attached hydrogens (tertiary/aromatic N) is 3. The Bertz CT molecular complexity index is 404. The fourth-order valence-electron chi connectivity index (χ4n) is 1.96. The molecule has 86 valence electrons. The monoisotopic (exact) mass is 241 g/mol. The summed E-state index contributed by atoms with van der Waals surface area (Å²) in [5.41, 5.74) is 0. The maximum atomic E-state index is 11.0. The molecule has 1 unspecified atom stereocenters. The van der Waals surface area contributed by atoms with Gasteiger partial charge < -0.3 is 10.0 Å². The highest BCUT2D eigenvalue weighted by atomic mass is 35.5. The Hall–Kier alpha value is -1.36. The van der Waals surface area contributed by atoms with Crippen molar-refractivity contribution in [2.75, 3.05) is 11.4 Å². The van der Waals surface area contributed by atoms with Crippen molar-refractivity contribution in [1.29, 1.82) is 0 Å². The molecule has 5 nitrogen and oxygen atoms in total. The number of carboxylic acid groups (broad SMARTS) is 1. The summed E-state index contributed by atoms with van der Waals surface area (Å²) < 4.78 is 0. The average molecular weight is 242 g/mol. The number of aryl methyl sites for hydroxylation is 1. The van der Waals surface area contributed by atoms with Crippen LogP contribution in [-0.2, 0) is 4.79 Å². The fraction of sp³-hybridized carbons (Fsp3) is 0.500. The van der Waals surface area contributed by atoms with Gasteiger partial charge in [-0.15, -0.1) is 0 Å². The lowest BCUT2D eigenvalue weighted by Crippen LogP contribution is -2.36. The molecule has 0 aliphatic carbocycles. The van der Waals surface area contributed by atoms with Gasteiger partial charge in [-0.2, -0.15) is 0 Å². The maximum absolute atomic E-state index is 11.0. The Balaban J connectivity index is 2.32. The SMILES string of the molecule is Cc1nc(Cl)cc(N2CCCC2C(=O)O)n1. The fourth-order valence-corrected chi connectivity index (χ4v) is 2.18. The van der Waals surface area contributed by atoms with Crippen molar-refractivity contribution in [3.63, 3.8) is 0 Å². The van der Waals surface area contributed by atoms with E-state index >= 15 is 0 Å². The van der Waals surface area contributed by atoms with Gasteiger partial charge in [-0.3, -0.25) is 0 Å². The highest BCUT2D eigenvalue weighted by Crippen LogP contribution is 2.25. The first-order valence-electron chi connectivity index (χ1n) is 5.08. The zero-order valence-corrected chi connectivity index (χ0v) is 9.61. The van der Waals surface area contributed by atoms with Crippen LogP contribution in [0.15, 0.2) is 6.07 Å². The summed E-state index contributed by atoms with van der Waals surface area (Å²) >= 11 is 5.83. The van der Waals surface area contributed by atoms with Crippen molar-refractivity contribution < 1.29 is 9.90 Å². The summed E-state index contributed by atoms with van der Waals surface area (Å²) in [7, 11) is 0. The van der Waals surface area contributed by atoms with Crippen molar-refractivity contribution in [3.05, 3.63) is 17.0 Å². The third-order valence-electron chi connectivity index (χ3n) is 2.63. The number of hydrogen-bond donors (Lipinski definition) is 1. The predicted octanol–water partition coefficient (Wildman–Crippen LogP) is 1.49. The number of halogens is 1.